The lowest BCUT2D eigenvalue weighted by molar-refractivity contribution is 0.532. The largest absolute Gasteiger partial charge is 0.328 e. The summed E-state index contributed by atoms with van der Waals surface area (Å²) in [5.74, 6) is 0.405. The molecule has 1 aliphatic rings. The summed E-state index contributed by atoms with van der Waals surface area (Å²) < 4.78 is 16.0. The first-order chi connectivity index (χ1) is 9.31. The molecular weight excluding hydrogens is 241 g/mol. The van der Waals surface area contributed by atoms with Crippen LogP contribution in [0.5, 0.6) is 0 Å². The molecule has 96 valence electrons. The predicted molar refractivity (Wildman–Crippen MR) is 69.9 cm³/mol. The van der Waals surface area contributed by atoms with Crippen LogP contribution in [-0.4, -0.2) is 9.55 Å². The Morgan fingerprint density at radius 2 is 2.16 bits per heavy atom. The fourth-order valence-electron chi connectivity index (χ4n) is 2.68. The highest BCUT2D eigenvalue weighted by atomic mass is 19.1. The SMILES string of the molecule is N#CCc1nc(-c2ccccc2F)n2c1CCCC2. The Labute approximate surface area is 111 Å². The average Bonchev–Trinajstić information content (AvgIpc) is 2.79. The Morgan fingerprint density at radius 3 is 2.95 bits per heavy atom. The molecule has 0 saturated carbocycles. The van der Waals surface area contributed by atoms with Gasteiger partial charge < -0.3 is 4.57 Å². The summed E-state index contributed by atoms with van der Waals surface area (Å²) in [6.07, 6.45) is 3.42. The summed E-state index contributed by atoms with van der Waals surface area (Å²) in [7, 11) is 0. The van der Waals surface area contributed by atoms with Gasteiger partial charge in [0.25, 0.3) is 0 Å². The van der Waals surface area contributed by atoms with E-state index in [4.69, 9.17) is 5.26 Å². The molecule has 0 saturated heterocycles. The molecule has 1 aromatic heterocycles. The second kappa shape index (κ2) is 4.85. The van der Waals surface area contributed by atoms with E-state index in [1.807, 2.05) is 6.07 Å². The molecule has 0 unspecified atom stereocenters. The Bertz CT molecular complexity index is 652. The number of fused-ring (bicyclic) bond motifs is 1. The summed E-state index contributed by atoms with van der Waals surface area (Å²) in [4.78, 5) is 4.51. The molecule has 0 N–H and O–H groups in total. The molecule has 0 amide bonds. The zero-order valence-corrected chi connectivity index (χ0v) is 10.6. The van der Waals surface area contributed by atoms with Crippen molar-refractivity contribution in [3.05, 3.63) is 41.5 Å². The average molecular weight is 255 g/mol. The molecule has 1 aliphatic heterocycles. The van der Waals surface area contributed by atoms with E-state index in [2.05, 4.69) is 15.6 Å². The van der Waals surface area contributed by atoms with Crippen molar-refractivity contribution in [1.29, 1.82) is 5.26 Å². The highest BCUT2D eigenvalue weighted by molar-refractivity contribution is 5.58. The van der Waals surface area contributed by atoms with Crippen molar-refractivity contribution in [3.8, 4) is 17.5 Å². The molecule has 19 heavy (non-hydrogen) atoms. The monoisotopic (exact) mass is 255 g/mol. The lowest BCUT2D eigenvalue weighted by atomic mass is 10.1. The van der Waals surface area contributed by atoms with Crippen LogP contribution >= 0.6 is 0 Å². The minimum absolute atomic E-state index is 0.260. The normalized spacial score (nSPS) is 13.9. The standard InChI is InChI=1S/C15H14FN3/c16-12-6-2-1-5-11(12)15-18-13(8-9-17)14-7-3-4-10-19(14)15/h1-2,5-6H,3-4,7-8,10H2. The van der Waals surface area contributed by atoms with E-state index in [0.717, 1.165) is 37.2 Å². The molecule has 3 nitrogen and oxygen atoms in total. The van der Waals surface area contributed by atoms with Gasteiger partial charge in [0.15, 0.2) is 0 Å². The van der Waals surface area contributed by atoms with Crippen LogP contribution in [0.4, 0.5) is 4.39 Å². The van der Waals surface area contributed by atoms with E-state index in [1.54, 1.807) is 12.1 Å². The summed E-state index contributed by atoms with van der Waals surface area (Å²) in [5, 5.41) is 8.88. The Kier molecular flexibility index (Phi) is 3.04. The summed E-state index contributed by atoms with van der Waals surface area (Å²) in [5.41, 5.74) is 2.43. The molecule has 0 aliphatic carbocycles. The zero-order chi connectivity index (χ0) is 13.2. The van der Waals surface area contributed by atoms with Crippen molar-refractivity contribution in [2.45, 2.75) is 32.2 Å². The number of benzene rings is 1. The van der Waals surface area contributed by atoms with Gasteiger partial charge in [-0.05, 0) is 31.4 Å². The first-order valence-corrected chi connectivity index (χ1v) is 6.51. The van der Waals surface area contributed by atoms with Crippen molar-refractivity contribution in [3.63, 3.8) is 0 Å². The summed E-state index contributed by atoms with van der Waals surface area (Å²) in [6, 6.07) is 8.83. The quantitative estimate of drug-likeness (QED) is 0.827. The highest BCUT2D eigenvalue weighted by Gasteiger charge is 2.21. The van der Waals surface area contributed by atoms with Gasteiger partial charge in [-0.2, -0.15) is 5.26 Å². The van der Waals surface area contributed by atoms with Gasteiger partial charge in [-0.1, -0.05) is 12.1 Å². The van der Waals surface area contributed by atoms with Crippen LogP contribution in [0.3, 0.4) is 0 Å². The molecule has 0 bridgehead atoms. The molecule has 0 spiro atoms. The van der Waals surface area contributed by atoms with Crippen molar-refractivity contribution >= 4 is 0 Å². The predicted octanol–water partition coefficient (Wildman–Crippen LogP) is 3.09. The Balaban J connectivity index is 2.17. The molecule has 0 atom stereocenters. The number of imidazole rings is 1. The number of nitrogens with zero attached hydrogens (tertiary/aromatic N) is 3. The van der Waals surface area contributed by atoms with Gasteiger partial charge in [-0.15, -0.1) is 0 Å². The van der Waals surface area contributed by atoms with Gasteiger partial charge in [0, 0.05) is 12.2 Å². The third-order valence-corrected chi connectivity index (χ3v) is 3.56. The van der Waals surface area contributed by atoms with Crippen molar-refractivity contribution in [2.24, 2.45) is 0 Å². The minimum atomic E-state index is -0.260. The second-order valence-electron chi connectivity index (χ2n) is 4.75. The second-order valence-corrected chi connectivity index (χ2v) is 4.75. The van der Waals surface area contributed by atoms with Gasteiger partial charge in [0.1, 0.15) is 11.6 Å². The number of aromatic nitrogens is 2. The van der Waals surface area contributed by atoms with Crippen LogP contribution in [-0.2, 0) is 19.4 Å². The third-order valence-electron chi connectivity index (χ3n) is 3.56. The molecule has 1 aromatic carbocycles. The van der Waals surface area contributed by atoms with Gasteiger partial charge in [-0.25, -0.2) is 9.37 Å². The third kappa shape index (κ3) is 2.01. The number of halogens is 1. The van der Waals surface area contributed by atoms with E-state index in [-0.39, 0.29) is 5.82 Å². The summed E-state index contributed by atoms with van der Waals surface area (Å²) in [6.45, 7) is 0.859. The first kappa shape index (κ1) is 11.9. The number of hydrogen-bond acceptors (Lipinski definition) is 2. The maximum absolute atomic E-state index is 13.9. The lowest BCUT2D eigenvalue weighted by Crippen LogP contribution is -2.12. The van der Waals surface area contributed by atoms with E-state index in [1.165, 1.54) is 6.07 Å². The van der Waals surface area contributed by atoms with E-state index in [9.17, 15) is 4.39 Å². The molecule has 0 fully saturated rings. The number of rotatable bonds is 2. The maximum atomic E-state index is 13.9. The van der Waals surface area contributed by atoms with Crippen LogP contribution < -0.4 is 0 Å². The molecule has 2 heterocycles. The molecule has 2 aromatic rings. The Hall–Kier alpha value is -2.15. The maximum Gasteiger partial charge on any atom is 0.143 e. The van der Waals surface area contributed by atoms with Crippen molar-refractivity contribution in [2.75, 3.05) is 0 Å². The zero-order valence-electron chi connectivity index (χ0n) is 10.6. The molecule has 0 radical (unpaired) electrons. The van der Waals surface area contributed by atoms with Crippen LogP contribution in [0, 0.1) is 17.1 Å². The smallest absolute Gasteiger partial charge is 0.143 e. The molecule has 3 rings (SSSR count). The van der Waals surface area contributed by atoms with Gasteiger partial charge >= 0.3 is 0 Å². The number of nitriles is 1. The fourth-order valence-corrected chi connectivity index (χ4v) is 2.68. The molecule has 4 heteroatoms. The van der Waals surface area contributed by atoms with Crippen LogP contribution in [0.1, 0.15) is 24.2 Å². The topological polar surface area (TPSA) is 41.6 Å². The van der Waals surface area contributed by atoms with E-state index in [0.29, 0.717) is 17.8 Å². The minimum Gasteiger partial charge on any atom is -0.328 e. The van der Waals surface area contributed by atoms with E-state index >= 15 is 0 Å². The Morgan fingerprint density at radius 1 is 1.32 bits per heavy atom. The van der Waals surface area contributed by atoms with Crippen LogP contribution in [0.25, 0.3) is 11.4 Å². The molecular formula is C15H14FN3. The van der Waals surface area contributed by atoms with Gasteiger partial charge in [0.05, 0.1) is 23.7 Å². The van der Waals surface area contributed by atoms with Crippen LogP contribution in [0.2, 0.25) is 0 Å². The summed E-state index contributed by atoms with van der Waals surface area (Å²) >= 11 is 0. The fraction of sp³-hybridized carbons (Fsp3) is 0.333. The van der Waals surface area contributed by atoms with Gasteiger partial charge in [0.2, 0.25) is 0 Å². The first-order valence-electron chi connectivity index (χ1n) is 6.51. The van der Waals surface area contributed by atoms with Crippen molar-refractivity contribution in [1.82, 2.24) is 9.55 Å². The van der Waals surface area contributed by atoms with Gasteiger partial charge in [-0.3, -0.25) is 0 Å². The van der Waals surface area contributed by atoms with E-state index < -0.39 is 0 Å². The lowest BCUT2D eigenvalue weighted by Gasteiger charge is -2.17. The number of hydrogen-bond donors (Lipinski definition) is 0. The highest BCUT2D eigenvalue weighted by Crippen LogP contribution is 2.29. The van der Waals surface area contributed by atoms with Crippen LogP contribution in [0.15, 0.2) is 24.3 Å². The van der Waals surface area contributed by atoms with Crippen molar-refractivity contribution < 1.29 is 4.39 Å².